The van der Waals surface area contributed by atoms with Crippen molar-refractivity contribution >= 4 is 0 Å². The van der Waals surface area contributed by atoms with E-state index in [1.807, 2.05) is 12.3 Å². The van der Waals surface area contributed by atoms with Crippen LogP contribution < -0.4 is 10.1 Å². The molecule has 1 N–H and O–H groups in total. The van der Waals surface area contributed by atoms with Crippen LogP contribution in [0.15, 0.2) is 42.7 Å². The second-order valence-corrected chi connectivity index (χ2v) is 4.74. The lowest BCUT2D eigenvalue weighted by molar-refractivity contribution is 0.411. The van der Waals surface area contributed by atoms with E-state index in [-0.39, 0.29) is 6.04 Å². The van der Waals surface area contributed by atoms with Gasteiger partial charge in [-0.1, -0.05) is 38.1 Å². The van der Waals surface area contributed by atoms with E-state index in [4.69, 9.17) is 4.74 Å². The Morgan fingerprint density at radius 2 is 1.85 bits per heavy atom. The van der Waals surface area contributed by atoms with Gasteiger partial charge in [-0.15, -0.1) is 0 Å². The van der Waals surface area contributed by atoms with Gasteiger partial charge in [0.2, 0.25) is 0 Å². The van der Waals surface area contributed by atoms with Gasteiger partial charge in [-0.3, -0.25) is 4.98 Å². The summed E-state index contributed by atoms with van der Waals surface area (Å²) in [7, 11) is 1.67. The van der Waals surface area contributed by atoms with Gasteiger partial charge in [0.1, 0.15) is 5.75 Å². The predicted molar refractivity (Wildman–Crippen MR) is 82.1 cm³/mol. The van der Waals surface area contributed by atoms with Crippen LogP contribution in [0.3, 0.4) is 0 Å². The lowest BCUT2D eigenvalue weighted by atomic mass is 9.98. The van der Waals surface area contributed by atoms with E-state index in [0.717, 1.165) is 24.3 Å². The average Bonchev–Trinajstić information content (AvgIpc) is 2.53. The molecule has 0 amide bonds. The Labute approximate surface area is 121 Å². The Hall–Kier alpha value is -1.87. The quantitative estimate of drug-likeness (QED) is 0.874. The predicted octanol–water partition coefficient (Wildman–Crippen LogP) is 3.35. The zero-order chi connectivity index (χ0) is 14.4. The van der Waals surface area contributed by atoms with Crippen LogP contribution in [-0.2, 0) is 6.42 Å². The molecule has 0 saturated carbocycles. The molecular weight excluding hydrogens is 248 g/mol. The zero-order valence-corrected chi connectivity index (χ0v) is 12.4. The van der Waals surface area contributed by atoms with Crippen molar-refractivity contribution in [3.05, 3.63) is 59.4 Å². The first kappa shape index (κ1) is 14.5. The Bertz CT molecular complexity index is 537. The number of nitrogens with one attached hydrogen (secondary N) is 1. The SMILES string of the molecule is CCNC(c1ccc(CC)cc1)c1cncc(OC)c1. The molecule has 106 valence electrons. The van der Waals surface area contributed by atoms with Gasteiger partial charge in [0.05, 0.1) is 19.3 Å². The molecule has 0 bridgehead atoms. The Morgan fingerprint density at radius 3 is 2.45 bits per heavy atom. The first-order valence-corrected chi connectivity index (χ1v) is 7.09. The molecule has 0 fully saturated rings. The molecule has 1 unspecified atom stereocenters. The molecule has 20 heavy (non-hydrogen) atoms. The minimum Gasteiger partial charge on any atom is -0.495 e. The third-order valence-corrected chi connectivity index (χ3v) is 3.43. The van der Waals surface area contributed by atoms with Crippen LogP contribution in [0.2, 0.25) is 0 Å². The molecule has 1 aromatic carbocycles. The van der Waals surface area contributed by atoms with Crippen molar-refractivity contribution in [3.8, 4) is 5.75 Å². The van der Waals surface area contributed by atoms with E-state index in [1.165, 1.54) is 11.1 Å². The number of hydrogen-bond donors (Lipinski definition) is 1. The summed E-state index contributed by atoms with van der Waals surface area (Å²) in [4.78, 5) is 4.25. The molecule has 3 nitrogen and oxygen atoms in total. The van der Waals surface area contributed by atoms with Gasteiger partial charge >= 0.3 is 0 Å². The smallest absolute Gasteiger partial charge is 0.137 e. The molecular formula is C17H22N2O. The summed E-state index contributed by atoms with van der Waals surface area (Å²) in [5, 5.41) is 3.51. The topological polar surface area (TPSA) is 34.2 Å². The van der Waals surface area contributed by atoms with Crippen LogP contribution in [0.5, 0.6) is 5.75 Å². The van der Waals surface area contributed by atoms with E-state index >= 15 is 0 Å². The maximum Gasteiger partial charge on any atom is 0.137 e. The summed E-state index contributed by atoms with van der Waals surface area (Å²) in [5.41, 5.74) is 3.72. The van der Waals surface area contributed by atoms with E-state index in [0.29, 0.717) is 0 Å². The first-order chi connectivity index (χ1) is 9.78. The van der Waals surface area contributed by atoms with Crippen LogP contribution in [0.4, 0.5) is 0 Å². The van der Waals surface area contributed by atoms with Gasteiger partial charge in [-0.05, 0) is 35.7 Å². The summed E-state index contributed by atoms with van der Waals surface area (Å²) < 4.78 is 5.27. The summed E-state index contributed by atoms with van der Waals surface area (Å²) in [6, 6.07) is 10.9. The molecule has 0 aliphatic heterocycles. The van der Waals surface area contributed by atoms with Crippen molar-refractivity contribution in [2.45, 2.75) is 26.3 Å². The van der Waals surface area contributed by atoms with Gasteiger partial charge in [0.15, 0.2) is 0 Å². The van der Waals surface area contributed by atoms with Gasteiger partial charge in [-0.2, -0.15) is 0 Å². The van der Waals surface area contributed by atoms with E-state index < -0.39 is 0 Å². The highest BCUT2D eigenvalue weighted by atomic mass is 16.5. The summed E-state index contributed by atoms with van der Waals surface area (Å²) in [5.74, 6) is 0.788. The fourth-order valence-corrected chi connectivity index (χ4v) is 2.28. The molecule has 2 rings (SSSR count). The summed E-state index contributed by atoms with van der Waals surface area (Å²) in [6.45, 7) is 5.18. The van der Waals surface area contributed by atoms with Crippen molar-refractivity contribution in [2.24, 2.45) is 0 Å². The number of ether oxygens (including phenoxy) is 1. The average molecular weight is 270 g/mol. The molecule has 1 atom stereocenters. The third-order valence-electron chi connectivity index (χ3n) is 3.43. The lowest BCUT2D eigenvalue weighted by Crippen LogP contribution is -2.22. The van der Waals surface area contributed by atoms with Crippen LogP contribution >= 0.6 is 0 Å². The number of benzene rings is 1. The monoisotopic (exact) mass is 270 g/mol. The van der Waals surface area contributed by atoms with Gasteiger partial charge < -0.3 is 10.1 Å². The van der Waals surface area contributed by atoms with Crippen molar-refractivity contribution in [1.29, 1.82) is 0 Å². The zero-order valence-electron chi connectivity index (χ0n) is 12.4. The molecule has 0 spiro atoms. The second kappa shape index (κ2) is 7.06. The number of rotatable bonds is 6. The normalized spacial score (nSPS) is 12.2. The molecule has 0 radical (unpaired) electrons. The van der Waals surface area contributed by atoms with E-state index in [9.17, 15) is 0 Å². The molecule has 3 heteroatoms. The van der Waals surface area contributed by atoms with Crippen LogP contribution in [-0.4, -0.2) is 18.6 Å². The standard InChI is InChI=1S/C17H22N2O/c1-4-13-6-8-14(9-7-13)17(19-5-2)15-10-16(20-3)12-18-11-15/h6-12,17,19H,4-5H2,1-3H3. The van der Waals surface area contributed by atoms with Gasteiger partial charge in [0, 0.05) is 6.20 Å². The Kier molecular flexibility index (Phi) is 5.13. The van der Waals surface area contributed by atoms with Crippen LogP contribution in [0.1, 0.15) is 36.6 Å². The highest BCUT2D eigenvalue weighted by molar-refractivity contribution is 5.35. The lowest BCUT2D eigenvalue weighted by Gasteiger charge is -2.19. The Morgan fingerprint density at radius 1 is 1.10 bits per heavy atom. The highest BCUT2D eigenvalue weighted by Crippen LogP contribution is 2.24. The minimum atomic E-state index is 0.147. The molecule has 1 heterocycles. The first-order valence-electron chi connectivity index (χ1n) is 7.09. The van der Waals surface area contributed by atoms with Crippen molar-refractivity contribution < 1.29 is 4.74 Å². The summed E-state index contributed by atoms with van der Waals surface area (Å²) >= 11 is 0. The molecule has 2 aromatic rings. The van der Waals surface area contributed by atoms with Crippen molar-refractivity contribution in [2.75, 3.05) is 13.7 Å². The maximum absolute atomic E-state index is 5.27. The third kappa shape index (κ3) is 3.36. The highest BCUT2D eigenvalue weighted by Gasteiger charge is 2.14. The van der Waals surface area contributed by atoms with Crippen LogP contribution in [0.25, 0.3) is 0 Å². The number of methoxy groups -OCH3 is 1. The number of hydrogen-bond acceptors (Lipinski definition) is 3. The largest absolute Gasteiger partial charge is 0.495 e. The van der Waals surface area contributed by atoms with Crippen LogP contribution in [0, 0.1) is 0 Å². The molecule has 0 aliphatic carbocycles. The molecule has 1 aromatic heterocycles. The summed E-state index contributed by atoms with van der Waals surface area (Å²) in [6.07, 6.45) is 4.68. The van der Waals surface area contributed by atoms with Crippen molar-refractivity contribution in [1.82, 2.24) is 10.3 Å². The number of aryl methyl sites for hydroxylation is 1. The molecule has 0 aliphatic rings. The fourth-order valence-electron chi connectivity index (χ4n) is 2.28. The number of pyridine rings is 1. The fraction of sp³-hybridized carbons (Fsp3) is 0.353. The van der Waals surface area contributed by atoms with E-state index in [2.05, 4.69) is 48.4 Å². The molecule has 0 saturated heterocycles. The minimum absolute atomic E-state index is 0.147. The van der Waals surface area contributed by atoms with E-state index in [1.54, 1.807) is 13.3 Å². The van der Waals surface area contributed by atoms with Gasteiger partial charge in [-0.25, -0.2) is 0 Å². The van der Waals surface area contributed by atoms with Crippen molar-refractivity contribution in [3.63, 3.8) is 0 Å². The Balaban J connectivity index is 2.33. The second-order valence-electron chi connectivity index (χ2n) is 4.74. The number of nitrogens with zero attached hydrogens (tertiary/aromatic N) is 1. The van der Waals surface area contributed by atoms with Gasteiger partial charge in [0.25, 0.3) is 0 Å². The number of aromatic nitrogens is 1. The maximum atomic E-state index is 5.27.